The maximum absolute atomic E-state index is 10.2. The number of hydrogen-bond donors (Lipinski definition) is 0. The van der Waals surface area contributed by atoms with Crippen molar-refractivity contribution in [3.05, 3.63) is 220 Å². The van der Waals surface area contributed by atoms with E-state index in [1.165, 1.54) is 66.1 Å². The Labute approximate surface area is 496 Å². The predicted molar refractivity (Wildman–Crippen MR) is 354 cm³/mol. The summed E-state index contributed by atoms with van der Waals surface area (Å²) in [5.41, 5.74) is 22.9. The van der Waals surface area contributed by atoms with Gasteiger partial charge in [0.05, 0.1) is 45.1 Å². The van der Waals surface area contributed by atoms with E-state index in [0.29, 0.717) is 23.0 Å². The van der Waals surface area contributed by atoms with Gasteiger partial charge in [0.1, 0.15) is 0 Å². The van der Waals surface area contributed by atoms with Crippen molar-refractivity contribution in [2.24, 2.45) is 0 Å². The molecule has 0 fully saturated rings. The van der Waals surface area contributed by atoms with Gasteiger partial charge in [-0.3, -0.25) is 0 Å². The third kappa shape index (κ3) is 10.2. The van der Waals surface area contributed by atoms with Gasteiger partial charge in [0.15, 0.2) is 17.5 Å². The Balaban J connectivity index is 1.23. The van der Waals surface area contributed by atoms with Crippen LogP contribution < -0.4 is 0 Å². The number of rotatable bonds is 7. The summed E-state index contributed by atoms with van der Waals surface area (Å²) in [6.07, 6.45) is 0. The second-order valence-electron chi connectivity index (χ2n) is 27.8. The Morgan fingerprint density at radius 1 is 0.321 bits per heavy atom. The van der Waals surface area contributed by atoms with E-state index in [1.807, 2.05) is 18.2 Å². The summed E-state index contributed by atoms with van der Waals surface area (Å²) in [6.45, 7) is 36.1. The maximum Gasteiger partial charge on any atom is 0.166 e. The Bertz CT molecular complexity index is 4420. The standard InChI is InChI=1S/C78H76N6/c1-46-20-26-67-61(32-46)62-33-47(2)21-27-68(62)83(67)66-30-24-52(51-19-17-18-50(36-51)45-79)41-60(66)53-25-31-71(84-69-28-22-48(3)34-63(69)64-35-49(4)23-29-70(64)84)65(42-53)74-81-72(54-37-56(75(5,6)7)43-57(38-54)76(8,9)10)80-73(82-74)55-39-58(77(11,12)13)44-59(40-55)78(14,15)16/h17-44H,1-16H3. The van der Waals surface area contributed by atoms with Gasteiger partial charge in [-0.2, -0.15) is 5.26 Å². The van der Waals surface area contributed by atoms with Crippen molar-refractivity contribution >= 4 is 43.6 Å². The molecule has 12 aromatic rings. The fourth-order valence-electron chi connectivity index (χ4n) is 12.0. The molecule has 418 valence electrons. The average Bonchev–Trinajstić information content (AvgIpc) is 2.60. The van der Waals surface area contributed by atoms with Gasteiger partial charge in [-0.05, 0) is 197 Å². The Morgan fingerprint density at radius 2 is 0.667 bits per heavy atom. The highest BCUT2D eigenvalue weighted by Gasteiger charge is 2.28. The summed E-state index contributed by atoms with van der Waals surface area (Å²) in [4.78, 5) is 17.1. The van der Waals surface area contributed by atoms with Crippen LogP contribution in [-0.4, -0.2) is 24.1 Å². The van der Waals surface area contributed by atoms with Crippen molar-refractivity contribution in [2.45, 2.75) is 132 Å². The van der Waals surface area contributed by atoms with Gasteiger partial charge in [-0.25, -0.2) is 15.0 Å². The van der Waals surface area contributed by atoms with Crippen LogP contribution in [0.15, 0.2) is 170 Å². The lowest BCUT2D eigenvalue weighted by Gasteiger charge is -2.26. The van der Waals surface area contributed by atoms with Gasteiger partial charge >= 0.3 is 0 Å². The van der Waals surface area contributed by atoms with Gasteiger partial charge < -0.3 is 9.13 Å². The van der Waals surface area contributed by atoms with E-state index >= 15 is 0 Å². The number of benzene rings is 9. The van der Waals surface area contributed by atoms with Crippen molar-refractivity contribution in [1.82, 2.24) is 24.1 Å². The molecule has 0 unspecified atom stereocenters. The van der Waals surface area contributed by atoms with Crippen LogP contribution in [0.1, 0.15) is 133 Å². The quantitative estimate of drug-likeness (QED) is 0.159. The second kappa shape index (κ2) is 20.2. The van der Waals surface area contributed by atoms with Crippen LogP contribution in [0.5, 0.6) is 0 Å². The Morgan fingerprint density at radius 3 is 1.05 bits per heavy atom. The molecule has 3 aromatic heterocycles. The van der Waals surface area contributed by atoms with Gasteiger partial charge in [0.25, 0.3) is 0 Å². The number of fused-ring (bicyclic) bond motifs is 6. The van der Waals surface area contributed by atoms with Gasteiger partial charge in [0, 0.05) is 43.8 Å². The minimum atomic E-state index is -0.151. The smallest absolute Gasteiger partial charge is 0.166 e. The van der Waals surface area contributed by atoms with Crippen molar-refractivity contribution in [3.63, 3.8) is 0 Å². The topological polar surface area (TPSA) is 72.3 Å². The Kier molecular flexibility index (Phi) is 13.3. The minimum absolute atomic E-state index is 0.151. The summed E-state index contributed by atoms with van der Waals surface area (Å²) in [6, 6.07) is 65.1. The first kappa shape index (κ1) is 55.6. The highest BCUT2D eigenvalue weighted by molar-refractivity contribution is 6.12. The third-order valence-electron chi connectivity index (χ3n) is 17.0. The molecule has 0 atom stereocenters. The first-order valence-electron chi connectivity index (χ1n) is 29.6. The lowest BCUT2D eigenvalue weighted by atomic mass is 9.79. The minimum Gasteiger partial charge on any atom is -0.309 e. The molecule has 0 radical (unpaired) electrons. The Hall–Kier alpha value is -8.92. The molecule has 6 heteroatoms. The van der Waals surface area contributed by atoms with Crippen molar-refractivity contribution < 1.29 is 0 Å². The van der Waals surface area contributed by atoms with Crippen LogP contribution in [0, 0.1) is 39.0 Å². The summed E-state index contributed by atoms with van der Waals surface area (Å²) < 4.78 is 4.85. The zero-order valence-electron chi connectivity index (χ0n) is 51.8. The zero-order chi connectivity index (χ0) is 59.5. The molecule has 0 bridgehead atoms. The fraction of sp³-hybridized carbons (Fsp3) is 0.256. The molecule has 0 spiro atoms. The van der Waals surface area contributed by atoms with Crippen molar-refractivity contribution in [1.29, 1.82) is 5.26 Å². The SMILES string of the molecule is Cc1ccc2c(c1)c1cc(C)ccc1n2-c1ccc(-c2cccc(C#N)c2)cc1-c1ccc(-n2c3ccc(C)cc3c3cc(C)ccc32)c(-c2nc(-c3cc(C(C)(C)C)cc(C(C)(C)C)c3)nc(-c3cc(C(C)(C)C)cc(C(C)(C)C)c3)n2)c1. The highest BCUT2D eigenvalue weighted by Crippen LogP contribution is 2.44. The van der Waals surface area contributed by atoms with Crippen molar-refractivity contribution in [2.75, 3.05) is 0 Å². The molecule has 84 heavy (non-hydrogen) atoms. The van der Waals surface area contributed by atoms with Gasteiger partial charge in [-0.1, -0.05) is 166 Å². The maximum atomic E-state index is 10.2. The molecule has 0 saturated heterocycles. The molecular weight excluding hydrogens is 1020 g/mol. The van der Waals surface area contributed by atoms with Gasteiger partial charge in [0.2, 0.25) is 0 Å². The van der Waals surface area contributed by atoms with Crippen LogP contribution >= 0.6 is 0 Å². The summed E-state index contributed by atoms with van der Waals surface area (Å²) >= 11 is 0. The molecular formula is C78H76N6. The molecule has 0 aliphatic carbocycles. The number of aromatic nitrogens is 5. The van der Waals surface area contributed by atoms with E-state index in [0.717, 1.165) is 72.4 Å². The number of nitriles is 1. The molecule has 12 rings (SSSR count). The summed E-state index contributed by atoms with van der Waals surface area (Å²) in [5, 5.41) is 15.0. The van der Waals surface area contributed by atoms with Crippen LogP contribution in [-0.2, 0) is 21.7 Å². The third-order valence-corrected chi connectivity index (χ3v) is 17.0. The van der Waals surface area contributed by atoms with Gasteiger partial charge in [-0.15, -0.1) is 0 Å². The van der Waals surface area contributed by atoms with E-state index in [-0.39, 0.29) is 21.7 Å². The average molecular weight is 1100 g/mol. The van der Waals surface area contributed by atoms with Crippen LogP contribution in [0.3, 0.4) is 0 Å². The zero-order valence-corrected chi connectivity index (χ0v) is 51.8. The largest absolute Gasteiger partial charge is 0.309 e. The highest BCUT2D eigenvalue weighted by atomic mass is 15.1. The normalized spacial score (nSPS) is 12.5. The number of nitrogens with zero attached hydrogens (tertiary/aromatic N) is 6. The molecule has 0 amide bonds. The lowest BCUT2D eigenvalue weighted by molar-refractivity contribution is 0.568. The first-order valence-corrected chi connectivity index (χ1v) is 29.6. The van der Waals surface area contributed by atoms with Crippen molar-refractivity contribution in [3.8, 4) is 73.9 Å². The lowest BCUT2D eigenvalue weighted by Crippen LogP contribution is -2.17. The first-order chi connectivity index (χ1) is 39.7. The van der Waals surface area contributed by atoms with E-state index in [1.54, 1.807) is 0 Å². The molecule has 0 saturated carbocycles. The molecule has 0 aliphatic heterocycles. The molecule has 0 N–H and O–H groups in total. The predicted octanol–water partition coefficient (Wildman–Crippen LogP) is 20.7. The number of hydrogen-bond acceptors (Lipinski definition) is 4. The van der Waals surface area contributed by atoms with E-state index in [9.17, 15) is 5.26 Å². The summed E-state index contributed by atoms with van der Waals surface area (Å²) in [5.74, 6) is 1.80. The van der Waals surface area contributed by atoms with Crippen LogP contribution in [0.4, 0.5) is 0 Å². The van der Waals surface area contributed by atoms with Crippen LogP contribution in [0.2, 0.25) is 0 Å². The van der Waals surface area contributed by atoms with Crippen LogP contribution in [0.25, 0.3) is 111 Å². The van der Waals surface area contributed by atoms with E-state index < -0.39 is 0 Å². The van der Waals surface area contributed by atoms with E-state index in [4.69, 9.17) is 15.0 Å². The summed E-state index contributed by atoms with van der Waals surface area (Å²) in [7, 11) is 0. The monoisotopic (exact) mass is 1100 g/mol. The fourth-order valence-corrected chi connectivity index (χ4v) is 12.0. The molecule has 3 heterocycles. The molecule has 9 aromatic carbocycles. The van der Waals surface area contributed by atoms with E-state index in [2.05, 4.69) is 278 Å². The molecule has 0 aliphatic rings. The molecule has 6 nitrogen and oxygen atoms in total. The number of aryl methyl sites for hydroxylation is 4. The second-order valence-corrected chi connectivity index (χ2v) is 27.8.